The summed E-state index contributed by atoms with van der Waals surface area (Å²) in [6.07, 6.45) is 0.395. The lowest BCUT2D eigenvalue weighted by molar-refractivity contribution is -0.117. The molecule has 0 bridgehead atoms. The Morgan fingerprint density at radius 1 is 1.17 bits per heavy atom. The van der Waals surface area contributed by atoms with E-state index in [2.05, 4.69) is 9.97 Å². The fraction of sp³-hybridized carbons (Fsp3) is 0.211. The standard InChI is InChI=1S/C19H17N3O2/c1-12(23)14-6-2-5-9-17(14)22-11-13(10-18(22)24)19-20-15-7-3-4-8-16(15)21-19/h2-9,13H,10-11H2,1H3,(H,20,21). The van der Waals surface area contributed by atoms with E-state index in [1.807, 2.05) is 42.5 Å². The number of ketones is 1. The van der Waals surface area contributed by atoms with Crippen LogP contribution in [0.2, 0.25) is 0 Å². The number of H-pyrrole nitrogens is 1. The molecule has 3 aromatic rings. The lowest BCUT2D eigenvalue weighted by atomic mass is 10.1. The zero-order valence-electron chi connectivity index (χ0n) is 13.3. The number of amides is 1. The van der Waals surface area contributed by atoms with Gasteiger partial charge >= 0.3 is 0 Å². The summed E-state index contributed by atoms with van der Waals surface area (Å²) in [5.41, 5.74) is 3.15. The molecule has 0 radical (unpaired) electrons. The van der Waals surface area contributed by atoms with Gasteiger partial charge in [-0.3, -0.25) is 9.59 Å². The molecule has 4 rings (SSSR count). The van der Waals surface area contributed by atoms with E-state index in [1.54, 1.807) is 11.0 Å². The molecule has 1 aliphatic heterocycles. The third-order valence-electron chi connectivity index (χ3n) is 4.49. The van der Waals surface area contributed by atoms with Crippen LogP contribution < -0.4 is 4.90 Å². The van der Waals surface area contributed by atoms with Crippen LogP contribution in [0.3, 0.4) is 0 Å². The maximum absolute atomic E-state index is 12.5. The number of carbonyl (C=O) groups is 2. The van der Waals surface area contributed by atoms with Crippen molar-refractivity contribution in [2.24, 2.45) is 0 Å². The van der Waals surface area contributed by atoms with Crippen molar-refractivity contribution in [1.82, 2.24) is 9.97 Å². The summed E-state index contributed by atoms with van der Waals surface area (Å²) in [5, 5.41) is 0. The zero-order chi connectivity index (χ0) is 16.7. The van der Waals surface area contributed by atoms with Crippen LogP contribution in [0, 0.1) is 0 Å². The van der Waals surface area contributed by atoms with Gasteiger partial charge in [0.1, 0.15) is 5.82 Å². The molecule has 0 saturated carbocycles. The maximum atomic E-state index is 12.5. The highest BCUT2D eigenvalue weighted by molar-refractivity contribution is 6.05. The molecule has 24 heavy (non-hydrogen) atoms. The van der Waals surface area contributed by atoms with Crippen LogP contribution in [0.25, 0.3) is 11.0 Å². The summed E-state index contributed by atoms with van der Waals surface area (Å²) in [6.45, 7) is 2.05. The van der Waals surface area contributed by atoms with E-state index in [9.17, 15) is 9.59 Å². The number of rotatable bonds is 3. The maximum Gasteiger partial charge on any atom is 0.227 e. The predicted octanol–water partition coefficient (Wildman–Crippen LogP) is 3.29. The first kappa shape index (κ1) is 14.6. The molecule has 1 amide bonds. The number of nitrogens with one attached hydrogen (secondary N) is 1. The van der Waals surface area contributed by atoms with Crippen molar-refractivity contribution in [1.29, 1.82) is 0 Å². The summed E-state index contributed by atoms with van der Waals surface area (Å²) >= 11 is 0. The summed E-state index contributed by atoms with van der Waals surface area (Å²) in [7, 11) is 0. The number of Topliss-reactive ketones (excluding diaryl/α,β-unsaturated/α-hetero) is 1. The highest BCUT2D eigenvalue weighted by Gasteiger charge is 2.34. The Balaban J connectivity index is 1.67. The Hall–Kier alpha value is -2.95. The average molecular weight is 319 g/mol. The lowest BCUT2D eigenvalue weighted by Gasteiger charge is -2.19. The molecule has 1 unspecified atom stereocenters. The van der Waals surface area contributed by atoms with E-state index in [0.717, 1.165) is 16.9 Å². The van der Waals surface area contributed by atoms with Crippen molar-refractivity contribution < 1.29 is 9.59 Å². The van der Waals surface area contributed by atoms with Gasteiger partial charge in [-0.1, -0.05) is 24.3 Å². The predicted molar refractivity (Wildman–Crippen MR) is 92.3 cm³/mol. The quantitative estimate of drug-likeness (QED) is 0.753. The molecule has 1 aromatic heterocycles. The van der Waals surface area contributed by atoms with Crippen LogP contribution in [-0.4, -0.2) is 28.2 Å². The van der Waals surface area contributed by atoms with E-state index in [0.29, 0.717) is 24.2 Å². The van der Waals surface area contributed by atoms with Gasteiger partial charge in [-0.2, -0.15) is 0 Å². The van der Waals surface area contributed by atoms with E-state index in [4.69, 9.17) is 0 Å². The molecule has 1 N–H and O–H groups in total. The molecular weight excluding hydrogens is 302 g/mol. The van der Waals surface area contributed by atoms with E-state index >= 15 is 0 Å². The number of hydrogen-bond donors (Lipinski definition) is 1. The first-order valence-electron chi connectivity index (χ1n) is 7.98. The Labute approximate surface area is 139 Å². The molecule has 1 atom stereocenters. The van der Waals surface area contributed by atoms with Crippen molar-refractivity contribution >= 4 is 28.4 Å². The number of anilines is 1. The fourth-order valence-electron chi connectivity index (χ4n) is 3.30. The molecule has 120 valence electrons. The molecule has 1 saturated heterocycles. The molecule has 2 aromatic carbocycles. The van der Waals surface area contributed by atoms with E-state index in [-0.39, 0.29) is 17.6 Å². The van der Waals surface area contributed by atoms with Crippen LogP contribution in [0.1, 0.15) is 35.4 Å². The van der Waals surface area contributed by atoms with Crippen molar-refractivity contribution in [2.75, 3.05) is 11.4 Å². The fourth-order valence-corrected chi connectivity index (χ4v) is 3.30. The molecule has 0 spiro atoms. The van der Waals surface area contributed by atoms with Gasteiger partial charge in [0.15, 0.2) is 5.78 Å². The number of hydrogen-bond acceptors (Lipinski definition) is 3. The second-order valence-electron chi connectivity index (χ2n) is 6.12. The third-order valence-corrected chi connectivity index (χ3v) is 4.49. The van der Waals surface area contributed by atoms with Gasteiger partial charge < -0.3 is 9.88 Å². The lowest BCUT2D eigenvalue weighted by Crippen LogP contribution is -2.26. The summed E-state index contributed by atoms with van der Waals surface area (Å²) < 4.78 is 0. The second-order valence-corrected chi connectivity index (χ2v) is 6.12. The van der Waals surface area contributed by atoms with Crippen LogP contribution in [0.5, 0.6) is 0 Å². The van der Waals surface area contributed by atoms with Gasteiger partial charge in [-0.15, -0.1) is 0 Å². The van der Waals surface area contributed by atoms with Crippen molar-refractivity contribution in [2.45, 2.75) is 19.3 Å². The Bertz CT molecular complexity index is 911. The zero-order valence-corrected chi connectivity index (χ0v) is 13.3. The second kappa shape index (κ2) is 5.60. The Morgan fingerprint density at radius 3 is 2.71 bits per heavy atom. The number of imidazole rings is 1. The van der Waals surface area contributed by atoms with Crippen LogP contribution in [0.4, 0.5) is 5.69 Å². The first-order chi connectivity index (χ1) is 11.6. The topological polar surface area (TPSA) is 66.1 Å². The van der Waals surface area contributed by atoms with Crippen LogP contribution >= 0.6 is 0 Å². The van der Waals surface area contributed by atoms with Gasteiger partial charge in [0.2, 0.25) is 5.91 Å². The van der Waals surface area contributed by atoms with Gasteiger partial charge in [-0.25, -0.2) is 4.98 Å². The van der Waals surface area contributed by atoms with Crippen molar-refractivity contribution in [3.05, 3.63) is 59.9 Å². The number of aromatic amines is 1. The molecular formula is C19H17N3O2. The number of aromatic nitrogens is 2. The third kappa shape index (κ3) is 2.38. The number of nitrogens with zero attached hydrogens (tertiary/aromatic N) is 2. The summed E-state index contributed by atoms with van der Waals surface area (Å²) in [4.78, 5) is 34.0. The van der Waals surface area contributed by atoms with E-state index in [1.165, 1.54) is 6.92 Å². The number of carbonyl (C=O) groups excluding carboxylic acids is 2. The first-order valence-corrected chi connectivity index (χ1v) is 7.98. The molecule has 2 heterocycles. The van der Waals surface area contributed by atoms with Crippen molar-refractivity contribution in [3.8, 4) is 0 Å². The highest BCUT2D eigenvalue weighted by atomic mass is 16.2. The normalized spacial score (nSPS) is 17.6. The minimum Gasteiger partial charge on any atom is -0.342 e. The van der Waals surface area contributed by atoms with Crippen LogP contribution in [0.15, 0.2) is 48.5 Å². The van der Waals surface area contributed by atoms with Crippen LogP contribution in [-0.2, 0) is 4.79 Å². The molecule has 1 aliphatic rings. The van der Waals surface area contributed by atoms with E-state index < -0.39 is 0 Å². The molecule has 5 heteroatoms. The van der Waals surface area contributed by atoms with Gasteiger partial charge in [0.25, 0.3) is 0 Å². The summed E-state index contributed by atoms with van der Waals surface area (Å²) in [5.74, 6) is 0.817. The smallest absolute Gasteiger partial charge is 0.227 e. The Morgan fingerprint density at radius 2 is 1.92 bits per heavy atom. The minimum absolute atomic E-state index is 0.00455. The van der Waals surface area contributed by atoms with Gasteiger partial charge in [0, 0.05) is 24.4 Å². The number of para-hydroxylation sites is 3. The summed E-state index contributed by atoms with van der Waals surface area (Å²) in [6, 6.07) is 15.1. The largest absolute Gasteiger partial charge is 0.342 e. The average Bonchev–Trinajstić information content (AvgIpc) is 3.18. The van der Waals surface area contributed by atoms with Crippen molar-refractivity contribution in [3.63, 3.8) is 0 Å². The van der Waals surface area contributed by atoms with Gasteiger partial charge in [0.05, 0.1) is 16.7 Å². The van der Waals surface area contributed by atoms with Gasteiger partial charge in [-0.05, 0) is 31.2 Å². The Kier molecular flexibility index (Phi) is 3.41. The highest BCUT2D eigenvalue weighted by Crippen LogP contribution is 2.33. The molecule has 5 nitrogen and oxygen atoms in total. The number of fused-ring (bicyclic) bond motifs is 1. The molecule has 1 fully saturated rings. The number of benzene rings is 2. The monoisotopic (exact) mass is 319 g/mol. The molecule has 0 aliphatic carbocycles. The minimum atomic E-state index is -0.0365. The SMILES string of the molecule is CC(=O)c1ccccc1N1CC(c2nc3ccccc3[nH]2)CC1=O.